The summed E-state index contributed by atoms with van der Waals surface area (Å²) in [5.74, 6) is 1.21. The van der Waals surface area contributed by atoms with E-state index in [2.05, 4.69) is 32.2 Å². The van der Waals surface area contributed by atoms with Crippen molar-refractivity contribution in [1.29, 1.82) is 0 Å². The van der Waals surface area contributed by atoms with E-state index in [-0.39, 0.29) is 12.0 Å². The molecule has 0 aliphatic carbocycles. The highest BCUT2D eigenvalue weighted by Gasteiger charge is 2.24. The first-order valence-electron chi connectivity index (χ1n) is 7.62. The van der Waals surface area contributed by atoms with Crippen LogP contribution in [0.15, 0.2) is 24.3 Å². The molecule has 4 heteroatoms. The minimum atomic E-state index is 0.231. The molecule has 1 saturated heterocycles. The molecule has 0 saturated carbocycles. The van der Waals surface area contributed by atoms with Crippen molar-refractivity contribution in [3.05, 3.63) is 29.8 Å². The fourth-order valence-corrected chi connectivity index (χ4v) is 2.80. The van der Waals surface area contributed by atoms with Crippen molar-refractivity contribution in [2.24, 2.45) is 0 Å². The molecule has 1 amide bonds. The number of likely N-dealkylation sites (tertiary alicyclic amines) is 1. The van der Waals surface area contributed by atoms with Crippen molar-refractivity contribution >= 4 is 17.7 Å². The van der Waals surface area contributed by atoms with Gasteiger partial charge in [-0.25, -0.2) is 0 Å². The quantitative estimate of drug-likeness (QED) is 0.834. The summed E-state index contributed by atoms with van der Waals surface area (Å²) in [6, 6.07) is 8.18. The van der Waals surface area contributed by atoms with E-state index in [1.54, 1.807) is 11.8 Å². The van der Waals surface area contributed by atoms with E-state index >= 15 is 0 Å². The van der Waals surface area contributed by atoms with Gasteiger partial charge in [0.2, 0.25) is 5.91 Å². The lowest BCUT2D eigenvalue weighted by Crippen LogP contribution is -2.42. The van der Waals surface area contributed by atoms with Crippen LogP contribution in [0.3, 0.4) is 0 Å². The van der Waals surface area contributed by atoms with Crippen LogP contribution in [0.2, 0.25) is 0 Å². The number of aryl methyl sites for hydroxylation is 1. The van der Waals surface area contributed by atoms with Gasteiger partial charge < -0.3 is 9.64 Å². The number of amides is 1. The Morgan fingerprint density at radius 1 is 1.33 bits per heavy atom. The number of ether oxygens (including phenoxy) is 1. The van der Waals surface area contributed by atoms with Crippen LogP contribution in [-0.4, -0.2) is 41.5 Å². The van der Waals surface area contributed by atoms with Crippen LogP contribution in [0.5, 0.6) is 5.75 Å². The molecule has 21 heavy (non-hydrogen) atoms. The third-order valence-corrected chi connectivity index (χ3v) is 4.95. The van der Waals surface area contributed by atoms with Crippen molar-refractivity contribution in [1.82, 2.24) is 4.90 Å². The minimum absolute atomic E-state index is 0.231. The molecule has 2 rings (SSSR count). The number of hydrogen-bond donors (Lipinski definition) is 0. The van der Waals surface area contributed by atoms with Crippen molar-refractivity contribution < 1.29 is 9.53 Å². The van der Waals surface area contributed by atoms with Crippen LogP contribution in [0.4, 0.5) is 0 Å². The van der Waals surface area contributed by atoms with E-state index in [9.17, 15) is 4.79 Å². The van der Waals surface area contributed by atoms with Crippen LogP contribution in [0.1, 0.15) is 31.7 Å². The summed E-state index contributed by atoms with van der Waals surface area (Å²) in [7, 11) is 0. The smallest absolute Gasteiger partial charge is 0.223 e. The fourth-order valence-electron chi connectivity index (χ4n) is 2.49. The summed E-state index contributed by atoms with van der Waals surface area (Å²) in [6.07, 6.45) is 4.78. The normalized spacial score (nSPS) is 17.6. The molecule has 116 valence electrons. The van der Waals surface area contributed by atoms with Gasteiger partial charge in [-0.05, 0) is 25.3 Å². The Hall–Kier alpha value is -1.16. The molecule has 0 spiro atoms. The van der Waals surface area contributed by atoms with Crippen LogP contribution in [0.25, 0.3) is 0 Å². The molecular weight excluding hydrogens is 282 g/mol. The predicted molar refractivity (Wildman–Crippen MR) is 89.0 cm³/mol. The summed E-state index contributed by atoms with van der Waals surface area (Å²) in [5, 5.41) is 0.402. The maximum Gasteiger partial charge on any atom is 0.223 e. The monoisotopic (exact) mass is 307 g/mol. The van der Waals surface area contributed by atoms with Crippen molar-refractivity contribution in [3.63, 3.8) is 0 Å². The zero-order valence-corrected chi connectivity index (χ0v) is 14.0. The molecule has 0 aromatic heterocycles. The van der Waals surface area contributed by atoms with Crippen molar-refractivity contribution in [3.8, 4) is 5.75 Å². The number of thioether (sulfide) groups is 1. The maximum absolute atomic E-state index is 12.1. The van der Waals surface area contributed by atoms with Gasteiger partial charge in [0.1, 0.15) is 11.9 Å². The standard InChI is InChI=1S/C17H25NO2S/c1-13-4-6-15(7-5-13)20-16-8-10-18(11-9-16)17(19)12-14(2)21-3/h4-7,14,16H,8-12H2,1-3H3. The average Bonchev–Trinajstić information content (AvgIpc) is 2.50. The maximum atomic E-state index is 12.1. The molecule has 0 radical (unpaired) electrons. The van der Waals surface area contributed by atoms with Gasteiger partial charge in [0.15, 0.2) is 0 Å². The Morgan fingerprint density at radius 2 is 1.95 bits per heavy atom. The first kappa shape index (κ1) is 16.2. The Kier molecular flexibility index (Phi) is 5.97. The van der Waals surface area contributed by atoms with E-state index in [1.807, 2.05) is 17.0 Å². The highest BCUT2D eigenvalue weighted by Crippen LogP contribution is 2.21. The van der Waals surface area contributed by atoms with Gasteiger partial charge in [-0.15, -0.1) is 0 Å². The number of nitrogens with zero attached hydrogens (tertiary/aromatic N) is 1. The predicted octanol–water partition coefficient (Wildman–Crippen LogP) is 3.51. The molecule has 0 N–H and O–H groups in total. The second-order valence-electron chi connectivity index (χ2n) is 5.76. The van der Waals surface area contributed by atoms with Crippen LogP contribution in [0, 0.1) is 6.92 Å². The van der Waals surface area contributed by atoms with Crippen LogP contribution in [-0.2, 0) is 4.79 Å². The number of rotatable bonds is 5. The largest absolute Gasteiger partial charge is 0.490 e. The number of benzene rings is 1. The summed E-state index contributed by atoms with van der Waals surface area (Å²) in [4.78, 5) is 14.1. The average molecular weight is 307 g/mol. The van der Waals surface area contributed by atoms with Crippen molar-refractivity contribution in [2.45, 2.75) is 44.5 Å². The summed E-state index contributed by atoms with van der Waals surface area (Å²) in [5.41, 5.74) is 1.24. The van der Waals surface area contributed by atoms with Gasteiger partial charge in [-0.1, -0.05) is 24.6 Å². The molecule has 1 aliphatic heterocycles. The van der Waals surface area contributed by atoms with Crippen LogP contribution >= 0.6 is 11.8 Å². The number of carbonyl (C=O) groups excluding carboxylic acids is 1. The topological polar surface area (TPSA) is 29.5 Å². The molecule has 1 aliphatic rings. The molecule has 3 nitrogen and oxygen atoms in total. The Balaban J connectivity index is 1.77. The van der Waals surface area contributed by atoms with E-state index in [0.717, 1.165) is 31.7 Å². The van der Waals surface area contributed by atoms with E-state index in [0.29, 0.717) is 11.7 Å². The zero-order chi connectivity index (χ0) is 15.2. The second kappa shape index (κ2) is 7.74. The second-order valence-corrected chi connectivity index (χ2v) is 7.04. The molecule has 1 aromatic carbocycles. The Labute approximate surface area is 132 Å². The zero-order valence-electron chi connectivity index (χ0n) is 13.2. The highest BCUT2D eigenvalue weighted by molar-refractivity contribution is 7.99. The molecule has 1 atom stereocenters. The molecule has 0 bridgehead atoms. The number of hydrogen-bond acceptors (Lipinski definition) is 3. The first-order valence-corrected chi connectivity index (χ1v) is 8.91. The molecule has 1 aromatic rings. The summed E-state index contributed by atoms with van der Waals surface area (Å²) >= 11 is 1.75. The molecular formula is C17H25NO2S. The SMILES string of the molecule is CSC(C)CC(=O)N1CCC(Oc2ccc(C)cc2)CC1. The first-order chi connectivity index (χ1) is 10.1. The lowest BCUT2D eigenvalue weighted by Gasteiger charge is -2.32. The molecule has 1 unspecified atom stereocenters. The van der Waals surface area contributed by atoms with Crippen LogP contribution < -0.4 is 4.74 Å². The van der Waals surface area contributed by atoms with Crippen molar-refractivity contribution in [2.75, 3.05) is 19.3 Å². The summed E-state index contributed by atoms with van der Waals surface area (Å²) in [6.45, 7) is 5.81. The Morgan fingerprint density at radius 3 is 2.52 bits per heavy atom. The van der Waals surface area contributed by atoms with Gasteiger partial charge in [0.25, 0.3) is 0 Å². The number of carbonyl (C=O) groups is 1. The van der Waals surface area contributed by atoms with Gasteiger partial charge in [0, 0.05) is 37.6 Å². The molecule has 1 fully saturated rings. The van der Waals surface area contributed by atoms with E-state index in [4.69, 9.17) is 4.74 Å². The molecule has 1 heterocycles. The minimum Gasteiger partial charge on any atom is -0.490 e. The summed E-state index contributed by atoms with van der Waals surface area (Å²) < 4.78 is 6.00. The van der Waals surface area contributed by atoms with E-state index in [1.165, 1.54) is 5.56 Å². The van der Waals surface area contributed by atoms with Gasteiger partial charge in [0.05, 0.1) is 0 Å². The lowest BCUT2D eigenvalue weighted by atomic mass is 10.1. The third kappa shape index (κ3) is 4.95. The van der Waals surface area contributed by atoms with Gasteiger partial charge in [-0.3, -0.25) is 4.79 Å². The Bertz CT molecular complexity index is 452. The number of piperidine rings is 1. The third-order valence-electron chi connectivity index (χ3n) is 3.98. The van der Waals surface area contributed by atoms with Gasteiger partial charge >= 0.3 is 0 Å². The van der Waals surface area contributed by atoms with E-state index < -0.39 is 0 Å². The lowest BCUT2D eigenvalue weighted by molar-refractivity contribution is -0.132. The highest BCUT2D eigenvalue weighted by atomic mass is 32.2. The fraction of sp³-hybridized carbons (Fsp3) is 0.588. The van der Waals surface area contributed by atoms with Gasteiger partial charge in [-0.2, -0.15) is 11.8 Å².